The van der Waals surface area contributed by atoms with Crippen molar-refractivity contribution in [2.75, 3.05) is 39.6 Å². The van der Waals surface area contributed by atoms with Crippen molar-refractivity contribution < 1.29 is 80.2 Å². The van der Waals surface area contributed by atoms with Crippen molar-refractivity contribution >= 4 is 39.5 Å². The van der Waals surface area contributed by atoms with E-state index in [1.165, 1.54) is 89.9 Å². The molecule has 0 radical (unpaired) electrons. The highest BCUT2D eigenvalue weighted by Crippen LogP contribution is 2.45. The summed E-state index contributed by atoms with van der Waals surface area (Å²) in [6.07, 6.45) is 79.5. The molecule has 0 fully saturated rings. The van der Waals surface area contributed by atoms with Gasteiger partial charge in [-0.25, -0.2) is 9.13 Å². The second-order valence-electron chi connectivity index (χ2n) is 27.0. The minimum absolute atomic E-state index is 0.0823. The summed E-state index contributed by atoms with van der Waals surface area (Å²) >= 11 is 0. The van der Waals surface area contributed by atoms with Crippen molar-refractivity contribution in [1.29, 1.82) is 0 Å². The average molecular weight is 1480 g/mol. The number of esters is 4. The molecule has 0 aliphatic rings. The summed E-state index contributed by atoms with van der Waals surface area (Å²) in [5, 5.41) is 10.6. The van der Waals surface area contributed by atoms with Gasteiger partial charge in [-0.05, 0) is 148 Å². The van der Waals surface area contributed by atoms with Crippen LogP contribution < -0.4 is 0 Å². The predicted octanol–water partition coefficient (Wildman–Crippen LogP) is 23.6. The van der Waals surface area contributed by atoms with Gasteiger partial charge in [-0.15, -0.1) is 0 Å². The molecule has 102 heavy (non-hydrogen) atoms. The lowest BCUT2D eigenvalue weighted by Crippen LogP contribution is -2.30. The van der Waals surface area contributed by atoms with Gasteiger partial charge in [0.25, 0.3) is 0 Å². The fourth-order valence-electron chi connectivity index (χ4n) is 10.8. The minimum Gasteiger partial charge on any atom is -0.462 e. The van der Waals surface area contributed by atoms with Crippen molar-refractivity contribution in [1.82, 2.24) is 0 Å². The van der Waals surface area contributed by atoms with Crippen LogP contribution in [0.3, 0.4) is 0 Å². The molecule has 2 unspecified atom stereocenters. The molecule has 0 saturated carbocycles. The number of phosphoric acid groups is 2. The molecule has 0 bridgehead atoms. The quantitative estimate of drug-likeness (QED) is 0.0169. The number of allylic oxidation sites excluding steroid dienone is 16. The normalized spacial score (nSPS) is 14.4. The zero-order valence-corrected chi connectivity index (χ0v) is 66.3. The SMILES string of the molecule is CC/C=C\C/C=C\C/C=C\C/C=C\C/C=C\CCCCCC(=O)OC[C@H](COP(=O)(O)OC[C@@H](O)COP(=O)(O)OC[C@@H](COC(=O)CCCCCCC/C=C\CCCCCCCC)OC(=O)CCCCCCC/C=C\CCCCCC)OC(=O)CCCCCCCCC/C=C\CCCCCC. The van der Waals surface area contributed by atoms with Crippen LogP contribution in [-0.4, -0.2) is 96.7 Å². The van der Waals surface area contributed by atoms with E-state index in [9.17, 15) is 43.2 Å². The van der Waals surface area contributed by atoms with Gasteiger partial charge in [-0.2, -0.15) is 0 Å². The number of hydrogen-bond donors (Lipinski definition) is 3. The maximum absolute atomic E-state index is 13.1. The van der Waals surface area contributed by atoms with E-state index in [0.29, 0.717) is 25.7 Å². The number of ether oxygens (including phenoxy) is 4. The molecule has 0 aromatic rings. The van der Waals surface area contributed by atoms with E-state index in [1.807, 2.05) is 0 Å². The fourth-order valence-corrected chi connectivity index (χ4v) is 12.4. The summed E-state index contributed by atoms with van der Waals surface area (Å²) in [6.45, 7) is 4.71. The number of aliphatic hydroxyl groups is 1. The van der Waals surface area contributed by atoms with Crippen LogP contribution in [0, 0.1) is 0 Å². The Morgan fingerprint density at radius 1 is 0.284 bits per heavy atom. The molecule has 0 saturated heterocycles. The highest BCUT2D eigenvalue weighted by molar-refractivity contribution is 7.47. The summed E-state index contributed by atoms with van der Waals surface area (Å²) in [6, 6.07) is 0. The molecule has 0 aliphatic carbocycles. The Hall–Kier alpha value is -4.02. The predicted molar refractivity (Wildman–Crippen MR) is 418 cm³/mol. The molecule has 19 heteroatoms. The van der Waals surface area contributed by atoms with E-state index < -0.39 is 97.5 Å². The Bertz CT molecular complexity index is 2310. The standard InChI is InChI=1S/C83H146O17P2/c1-5-9-13-17-21-25-29-33-36-37-38-39-42-45-48-52-56-60-64-68-81(86)94-74-79(100-83(88)70-66-62-58-54-50-46-41-35-31-27-23-19-15-11-7-3)76-98-102(91,92)96-72-77(84)71-95-101(89,90)97-75-78(99-82(87)69-65-61-57-53-49-43-32-28-24-20-16-12-8-4)73-93-80(85)67-63-59-55-51-47-44-40-34-30-26-22-18-14-10-6-2/h9,13,21,25,27-28,31-34,36,38-40,45,48,77-79,84H,5-8,10-12,14-20,22-24,26,29-30,35,37,41-44,46-47,49-76H2,1-4H3,(H,89,90)(H,91,92)/b13-9-,25-21-,31-27-,32-28-,36-33-,39-38-,40-34-,48-45-/t77-,78+,79+/m0/s1. The van der Waals surface area contributed by atoms with Crippen molar-refractivity contribution in [3.63, 3.8) is 0 Å². The first-order chi connectivity index (χ1) is 49.7. The van der Waals surface area contributed by atoms with E-state index in [-0.39, 0.29) is 25.7 Å². The van der Waals surface area contributed by atoms with Crippen LogP contribution in [0.1, 0.15) is 349 Å². The van der Waals surface area contributed by atoms with Gasteiger partial charge in [0.15, 0.2) is 12.2 Å². The van der Waals surface area contributed by atoms with Crippen molar-refractivity contribution in [3.8, 4) is 0 Å². The Morgan fingerprint density at radius 2 is 0.510 bits per heavy atom. The lowest BCUT2D eigenvalue weighted by molar-refractivity contribution is -0.161. The summed E-state index contributed by atoms with van der Waals surface area (Å²) in [7, 11) is -9.96. The van der Waals surface area contributed by atoms with Gasteiger partial charge < -0.3 is 33.8 Å². The molecular weight excluding hydrogens is 1330 g/mol. The smallest absolute Gasteiger partial charge is 0.462 e. The molecule has 3 N–H and O–H groups in total. The number of carbonyl (C=O) groups is 4. The van der Waals surface area contributed by atoms with E-state index in [4.69, 9.17) is 37.0 Å². The fraction of sp³-hybridized carbons (Fsp3) is 0.759. The molecule has 590 valence electrons. The van der Waals surface area contributed by atoms with E-state index in [0.717, 1.165) is 180 Å². The molecule has 5 atom stereocenters. The average Bonchev–Trinajstić information content (AvgIpc) is 0.924. The topological polar surface area (TPSA) is 237 Å². The maximum Gasteiger partial charge on any atom is 0.472 e. The molecule has 0 aliphatic heterocycles. The van der Waals surface area contributed by atoms with E-state index in [2.05, 4.69) is 125 Å². The zero-order valence-electron chi connectivity index (χ0n) is 64.5. The second kappa shape index (κ2) is 75.2. The van der Waals surface area contributed by atoms with E-state index >= 15 is 0 Å². The van der Waals surface area contributed by atoms with Crippen LogP contribution >= 0.6 is 15.6 Å². The number of phosphoric ester groups is 2. The zero-order chi connectivity index (χ0) is 74.6. The largest absolute Gasteiger partial charge is 0.472 e. The number of rotatable bonds is 76. The van der Waals surface area contributed by atoms with Crippen LogP contribution in [0.4, 0.5) is 0 Å². The highest BCUT2D eigenvalue weighted by Gasteiger charge is 2.30. The van der Waals surface area contributed by atoms with Gasteiger partial charge in [0.05, 0.1) is 26.4 Å². The Morgan fingerprint density at radius 3 is 0.814 bits per heavy atom. The Balaban J connectivity index is 5.38. The number of aliphatic hydroxyl groups excluding tert-OH is 1. The third-order valence-electron chi connectivity index (χ3n) is 17.0. The van der Waals surface area contributed by atoms with Crippen molar-refractivity contribution in [3.05, 3.63) is 97.2 Å². The molecule has 0 spiro atoms. The Kier molecular flexibility index (Phi) is 72.3. The first-order valence-electron chi connectivity index (χ1n) is 40.5. The van der Waals surface area contributed by atoms with Gasteiger partial charge >= 0.3 is 39.5 Å². The second-order valence-corrected chi connectivity index (χ2v) is 29.9. The first-order valence-corrected chi connectivity index (χ1v) is 43.5. The maximum atomic E-state index is 13.1. The molecule has 17 nitrogen and oxygen atoms in total. The van der Waals surface area contributed by atoms with Crippen molar-refractivity contribution in [2.45, 2.75) is 367 Å². The van der Waals surface area contributed by atoms with Crippen LogP contribution in [0.25, 0.3) is 0 Å². The third-order valence-corrected chi connectivity index (χ3v) is 18.9. The molecule has 0 amide bonds. The molecule has 0 heterocycles. The molecule has 0 aromatic heterocycles. The molecular formula is C83H146O17P2. The van der Waals surface area contributed by atoms with Crippen LogP contribution in [0.5, 0.6) is 0 Å². The minimum atomic E-state index is -4.99. The van der Waals surface area contributed by atoms with Crippen LogP contribution in [0.2, 0.25) is 0 Å². The number of carbonyl (C=O) groups excluding carboxylic acids is 4. The van der Waals surface area contributed by atoms with Crippen LogP contribution in [-0.2, 0) is 65.4 Å². The number of hydrogen-bond acceptors (Lipinski definition) is 15. The summed E-state index contributed by atoms with van der Waals surface area (Å²) in [5.41, 5.74) is 0. The lowest BCUT2D eigenvalue weighted by atomic mass is 10.1. The Labute approximate surface area is 620 Å². The van der Waals surface area contributed by atoms with Gasteiger partial charge in [0, 0.05) is 25.7 Å². The van der Waals surface area contributed by atoms with E-state index in [1.54, 1.807) is 0 Å². The first kappa shape index (κ1) is 98.0. The van der Waals surface area contributed by atoms with Gasteiger partial charge in [0.1, 0.15) is 19.3 Å². The monoisotopic (exact) mass is 1480 g/mol. The summed E-state index contributed by atoms with van der Waals surface area (Å²) in [4.78, 5) is 73.0. The molecule has 0 rings (SSSR count). The number of unbranched alkanes of at least 4 members (excludes halogenated alkanes) is 34. The highest BCUT2D eigenvalue weighted by atomic mass is 31.2. The van der Waals surface area contributed by atoms with Gasteiger partial charge in [-0.1, -0.05) is 273 Å². The van der Waals surface area contributed by atoms with Gasteiger partial charge in [0.2, 0.25) is 0 Å². The van der Waals surface area contributed by atoms with Crippen molar-refractivity contribution in [2.24, 2.45) is 0 Å². The van der Waals surface area contributed by atoms with Gasteiger partial charge in [-0.3, -0.25) is 37.3 Å². The summed E-state index contributed by atoms with van der Waals surface area (Å²) in [5.74, 6) is -2.22. The van der Waals surface area contributed by atoms with Crippen LogP contribution in [0.15, 0.2) is 97.2 Å². The lowest BCUT2D eigenvalue weighted by Gasteiger charge is -2.21. The molecule has 0 aromatic carbocycles. The third kappa shape index (κ3) is 74.3. The summed E-state index contributed by atoms with van der Waals surface area (Å²) < 4.78 is 68.6.